The third kappa shape index (κ3) is 4.95. The Labute approximate surface area is 220 Å². The van der Waals surface area contributed by atoms with Crippen molar-refractivity contribution in [3.8, 4) is 11.1 Å². The van der Waals surface area contributed by atoms with E-state index in [1.165, 1.54) is 0 Å². The van der Waals surface area contributed by atoms with Crippen LogP contribution in [-0.2, 0) is 26.7 Å². The minimum Gasteiger partial charge on any atom is -0.481 e. The number of rotatable bonds is 7. The molecule has 1 amide bonds. The molecule has 194 valence electrons. The van der Waals surface area contributed by atoms with Gasteiger partial charge >= 0.3 is 12.1 Å². The fourth-order valence-electron chi connectivity index (χ4n) is 5.43. The van der Waals surface area contributed by atoms with Crippen molar-refractivity contribution in [1.82, 2.24) is 9.78 Å². The van der Waals surface area contributed by atoms with Crippen LogP contribution in [0.1, 0.15) is 50.3 Å². The van der Waals surface area contributed by atoms with Gasteiger partial charge in [0, 0.05) is 28.6 Å². The van der Waals surface area contributed by atoms with Gasteiger partial charge in [-0.3, -0.25) is 14.8 Å². The molecule has 0 bridgehead atoms. The molecule has 2 heterocycles. The van der Waals surface area contributed by atoms with Crippen molar-refractivity contribution in [3.63, 3.8) is 0 Å². The SMILES string of the molecule is C[C@@H](OC(=O)Nc1c(-c2ccc(C3(C)COC4(CC(=O)O)CC4C3)cc2)cnn1C)c1ccccc1Cl. The summed E-state index contributed by atoms with van der Waals surface area (Å²) in [5.74, 6) is -0.0124. The molecule has 1 aliphatic carbocycles. The molecule has 9 heteroatoms. The lowest BCUT2D eigenvalue weighted by atomic mass is 9.76. The van der Waals surface area contributed by atoms with Gasteiger partial charge < -0.3 is 14.6 Å². The first-order chi connectivity index (χ1) is 17.6. The summed E-state index contributed by atoms with van der Waals surface area (Å²) in [5, 5.41) is 16.9. The maximum Gasteiger partial charge on any atom is 0.413 e. The fourth-order valence-corrected chi connectivity index (χ4v) is 5.72. The molecule has 2 aliphatic rings. The Morgan fingerprint density at radius 2 is 1.97 bits per heavy atom. The lowest BCUT2D eigenvalue weighted by Crippen LogP contribution is -2.39. The summed E-state index contributed by atoms with van der Waals surface area (Å²) in [7, 11) is 1.75. The zero-order valence-electron chi connectivity index (χ0n) is 21.0. The Bertz CT molecular complexity index is 1340. The molecule has 2 N–H and O–H groups in total. The summed E-state index contributed by atoms with van der Waals surface area (Å²) >= 11 is 6.23. The van der Waals surface area contributed by atoms with Gasteiger partial charge in [-0.15, -0.1) is 0 Å². The van der Waals surface area contributed by atoms with E-state index in [0.717, 1.165) is 35.1 Å². The second kappa shape index (κ2) is 9.50. The van der Waals surface area contributed by atoms with Crippen LogP contribution < -0.4 is 5.32 Å². The quantitative estimate of drug-likeness (QED) is 0.396. The van der Waals surface area contributed by atoms with Gasteiger partial charge in [0.2, 0.25) is 0 Å². The van der Waals surface area contributed by atoms with Gasteiger partial charge in [0.05, 0.1) is 24.8 Å². The zero-order chi connectivity index (χ0) is 26.4. The van der Waals surface area contributed by atoms with Gasteiger partial charge in [-0.25, -0.2) is 4.79 Å². The van der Waals surface area contributed by atoms with E-state index in [0.29, 0.717) is 17.4 Å². The third-order valence-corrected chi connectivity index (χ3v) is 8.02. The van der Waals surface area contributed by atoms with Crippen LogP contribution in [0.2, 0.25) is 5.02 Å². The van der Waals surface area contributed by atoms with Crippen molar-refractivity contribution < 1.29 is 24.2 Å². The second-order valence-electron chi connectivity index (χ2n) is 10.4. The molecular weight excluding hydrogens is 494 g/mol. The molecular formula is C28H30ClN3O5. The van der Waals surface area contributed by atoms with E-state index in [1.807, 2.05) is 30.3 Å². The zero-order valence-corrected chi connectivity index (χ0v) is 21.8. The van der Waals surface area contributed by atoms with Crippen molar-refractivity contribution in [2.24, 2.45) is 13.0 Å². The Hall–Kier alpha value is -3.36. The Morgan fingerprint density at radius 1 is 1.24 bits per heavy atom. The molecule has 1 aromatic heterocycles. The number of aliphatic carboxylic acids is 1. The third-order valence-electron chi connectivity index (χ3n) is 7.68. The Morgan fingerprint density at radius 3 is 2.65 bits per heavy atom. The summed E-state index contributed by atoms with van der Waals surface area (Å²) < 4.78 is 13.3. The summed E-state index contributed by atoms with van der Waals surface area (Å²) in [5.41, 5.74) is 2.88. The minimum absolute atomic E-state index is 0.0725. The summed E-state index contributed by atoms with van der Waals surface area (Å²) in [6.45, 7) is 4.43. The maximum atomic E-state index is 12.7. The van der Waals surface area contributed by atoms with Crippen molar-refractivity contribution in [3.05, 3.63) is 70.9 Å². The maximum absolute atomic E-state index is 12.7. The number of aromatic nitrogens is 2. The molecule has 1 aliphatic heterocycles. The van der Waals surface area contributed by atoms with Crippen LogP contribution in [-0.4, -0.2) is 39.2 Å². The summed E-state index contributed by atoms with van der Waals surface area (Å²) in [4.78, 5) is 23.9. The number of carbonyl (C=O) groups is 2. The highest BCUT2D eigenvalue weighted by atomic mass is 35.5. The Kier molecular flexibility index (Phi) is 6.50. The van der Waals surface area contributed by atoms with Crippen LogP contribution in [0.15, 0.2) is 54.7 Å². The molecule has 1 saturated heterocycles. The second-order valence-corrected chi connectivity index (χ2v) is 10.8. The number of benzene rings is 2. The number of nitrogens with zero attached hydrogens (tertiary/aromatic N) is 2. The number of halogens is 1. The molecule has 4 atom stereocenters. The van der Waals surface area contributed by atoms with Crippen LogP contribution in [0.5, 0.6) is 0 Å². The number of ether oxygens (including phenoxy) is 2. The van der Waals surface area contributed by atoms with E-state index in [9.17, 15) is 14.7 Å². The molecule has 2 aromatic carbocycles. The topological polar surface area (TPSA) is 103 Å². The van der Waals surface area contributed by atoms with E-state index in [2.05, 4.69) is 29.5 Å². The number of aryl methyl sites for hydroxylation is 1. The van der Waals surface area contributed by atoms with Gasteiger partial charge in [-0.05, 0) is 42.9 Å². The number of nitrogens with one attached hydrogen (secondary N) is 1. The molecule has 2 fully saturated rings. The molecule has 5 rings (SSSR count). The van der Waals surface area contributed by atoms with Gasteiger partial charge in [-0.2, -0.15) is 5.10 Å². The van der Waals surface area contributed by atoms with E-state index in [4.69, 9.17) is 21.1 Å². The summed E-state index contributed by atoms with van der Waals surface area (Å²) in [6.07, 6.45) is 2.36. The van der Waals surface area contributed by atoms with Crippen LogP contribution in [0.4, 0.5) is 10.6 Å². The highest BCUT2D eigenvalue weighted by molar-refractivity contribution is 6.31. The lowest BCUT2D eigenvalue weighted by molar-refractivity contribution is -0.143. The van der Waals surface area contributed by atoms with Crippen molar-refractivity contribution in [1.29, 1.82) is 0 Å². The van der Waals surface area contributed by atoms with Crippen molar-refractivity contribution in [2.75, 3.05) is 11.9 Å². The van der Waals surface area contributed by atoms with Crippen molar-refractivity contribution in [2.45, 2.75) is 50.2 Å². The standard InChI is InChI=1S/C28H30ClN3O5/c1-17(21-6-4-5-7-23(21)29)37-26(35)31-25-22(15-30-32(25)3)18-8-10-19(11-9-18)27(2)12-20-13-28(20,36-16-27)14-24(33)34/h4-11,15,17,20H,12-14,16H2,1-3H3,(H,31,35)(H,33,34)/t17-,20?,27?,28?/m1/s1. The number of carboxylic acids is 1. The molecule has 1 saturated carbocycles. The smallest absolute Gasteiger partial charge is 0.413 e. The number of carboxylic acid groups (broad SMARTS) is 1. The van der Waals surface area contributed by atoms with E-state index in [-0.39, 0.29) is 17.8 Å². The fraction of sp³-hybridized carbons (Fsp3) is 0.393. The monoisotopic (exact) mass is 523 g/mol. The average molecular weight is 524 g/mol. The minimum atomic E-state index is -0.807. The average Bonchev–Trinajstić information content (AvgIpc) is 3.42. The van der Waals surface area contributed by atoms with Gasteiger partial charge in [0.25, 0.3) is 0 Å². The number of anilines is 1. The van der Waals surface area contributed by atoms with Gasteiger partial charge in [0.15, 0.2) is 0 Å². The van der Waals surface area contributed by atoms with Crippen LogP contribution in [0.25, 0.3) is 11.1 Å². The van der Waals surface area contributed by atoms with E-state index < -0.39 is 23.8 Å². The predicted octanol–water partition coefficient (Wildman–Crippen LogP) is 5.96. The normalized spacial score (nSPS) is 25.1. The van der Waals surface area contributed by atoms with E-state index in [1.54, 1.807) is 30.9 Å². The summed E-state index contributed by atoms with van der Waals surface area (Å²) in [6, 6.07) is 15.4. The number of fused-ring (bicyclic) bond motifs is 1. The van der Waals surface area contributed by atoms with Crippen LogP contribution >= 0.6 is 11.6 Å². The van der Waals surface area contributed by atoms with E-state index >= 15 is 0 Å². The predicted molar refractivity (Wildman–Crippen MR) is 140 cm³/mol. The molecule has 8 nitrogen and oxygen atoms in total. The largest absolute Gasteiger partial charge is 0.481 e. The Balaban J connectivity index is 1.28. The van der Waals surface area contributed by atoms with Crippen molar-refractivity contribution >= 4 is 29.5 Å². The first-order valence-corrected chi connectivity index (χ1v) is 12.7. The highest BCUT2D eigenvalue weighted by Gasteiger charge is 2.62. The molecule has 3 unspecified atom stereocenters. The van der Waals surface area contributed by atoms with Crippen LogP contribution in [0.3, 0.4) is 0 Å². The first kappa shape index (κ1) is 25.3. The number of carbonyl (C=O) groups excluding carboxylic acids is 1. The van der Waals surface area contributed by atoms with Gasteiger partial charge in [-0.1, -0.05) is 61.0 Å². The molecule has 3 aromatic rings. The lowest BCUT2D eigenvalue weighted by Gasteiger charge is -2.37. The molecule has 0 spiro atoms. The number of hydrogen-bond acceptors (Lipinski definition) is 5. The number of amides is 1. The number of hydrogen-bond donors (Lipinski definition) is 2. The van der Waals surface area contributed by atoms with Crippen LogP contribution in [0, 0.1) is 5.92 Å². The van der Waals surface area contributed by atoms with Gasteiger partial charge in [0.1, 0.15) is 11.9 Å². The molecule has 37 heavy (non-hydrogen) atoms. The first-order valence-electron chi connectivity index (χ1n) is 12.3. The molecule has 0 radical (unpaired) electrons. The highest BCUT2D eigenvalue weighted by Crippen LogP contribution is 2.59.